The van der Waals surface area contributed by atoms with Gasteiger partial charge in [-0.25, -0.2) is 22.5 Å². The molecular weight excluding hydrogens is 623 g/mol. The van der Waals surface area contributed by atoms with E-state index in [1.54, 1.807) is 0 Å². The molecule has 174 valence electrons. The van der Waals surface area contributed by atoms with Crippen LogP contribution in [0.1, 0.15) is 51.4 Å². The molecule has 31 heavy (non-hydrogen) atoms. The maximum absolute atomic E-state index is 3.52. The Morgan fingerprint density at radius 3 is 1.19 bits per heavy atom. The molecule has 2 aliphatic carbocycles. The zero-order valence-electron chi connectivity index (χ0n) is 20.0. The number of hydrogen-bond acceptors (Lipinski definition) is 2. The third-order valence-electron chi connectivity index (χ3n) is 7.00. The van der Waals surface area contributed by atoms with Crippen LogP contribution in [0.3, 0.4) is 0 Å². The molecule has 0 aromatic heterocycles. The van der Waals surface area contributed by atoms with Crippen LogP contribution in [0.2, 0.25) is 26.2 Å². The Morgan fingerprint density at radius 1 is 0.613 bits per heavy atom. The molecular formula is C24H42Br2N2Si2Zr. The summed E-state index contributed by atoms with van der Waals surface area (Å²) in [5.74, 6) is 0. The second-order valence-electron chi connectivity index (χ2n) is 9.61. The van der Waals surface area contributed by atoms with E-state index in [1.165, 1.54) is 75.1 Å². The van der Waals surface area contributed by atoms with E-state index in [4.69, 9.17) is 0 Å². The maximum Gasteiger partial charge on any atom is 2.00 e. The predicted molar refractivity (Wildman–Crippen MR) is 147 cm³/mol. The maximum atomic E-state index is 3.52. The van der Waals surface area contributed by atoms with Crippen molar-refractivity contribution in [2.45, 2.75) is 77.6 Å². The van der Waals surface area contributed by atoms with Gasteiger partial charge in [0.2, 0.25) is 0 Å². The van der Waals surface area contributed by atoms with Gasteiger partial charge in [-0.3, -0.25) is 12.2 Å². The fourth-order valence-electron chi connectivity index (χ4n) is 4.90. The summed E-state index contributed by atoms with van der Waals surface area (Å²) >= 11 is 0. The first kappa shape index (κ1) is 32.2. The van der Waals surface area contributed by atoms with Gasteiger partial charge in [0.05, 0.1) is 0 Å². The molecule has 7 heteroatoms. The Morgan fingerprint density at radius 2 is 0.935 bits per heavy atom. The summed E-state index contributed by atoms with van der Waals surface area (Å²) in [6, 6.07) is 0. The van der Waals surface area contributed by atoms with Gasteiger partial charge in [0.1, 0.15) is 16.5 Å². The Balaban J connectivity index is 0.000000529. The van der Waals surface area contributed by atoms with Crippen LogP contribution in [-0.2, 0) is 26.2 Å². The number of allylic oxidation sites excluding steroid dienone is 8. The first-order valence-corrected chi connectivity index (χ1v) is 17.4. The van der Waals surface area contributed by atoms with Gasteiger partial charge >= 0.3 is 26.2 Å². The zero-order valence-corrected chi connectivity index (χ0v) is 27.9. The molecule has 0 spiro atoms. The van der Waals surface area contributed by atoms with Crippen molar-refractivity contribution in [1.29, 1.82) is 0 Å². The minimum atomic E-state index is -1.32. The van der Waals surface area contributed by atoms with Gasteiger partial charge < -0.3 is 9.13 Å². The smallest absolute Gasteiger partial charge is 0.322 e. The third kappa shape index (κ3) is 8.71. The van der Waals surface area contributed by atoms with Crippen molar-refractivity contribution < 1.29 is 26.2 Å². The average Bonchev–Trinajstić information content (AvgIpc) is 3.44. The summed E-state index contributed by atoms with van der Waals surface area (Å²) < 4.78 is 5.49. The molecule has 2 saturated heterocycles. The van der Waals surface area contributed by atoms with Gasteiger partial charge in [-0.2, -0.15) is 12.2 Å². The van der Waals surface area contributed by atoms with Crippen LogP contribution in [0.15, 0.2) is 34.7 Å². The molecule has 0 unspecified atom stereocenters. The van der Waals surface area contributed by atoms with Crippen molar-refractivity contribution >= 4 is 50.4 Å². The Hall–Kier alpha value is 1.16. The topological polar surface area (TPSA) is 6.48 Å². The zero-order chi connectivity index (χ0) is 20.0. The minimum Gasteiger partial charge on any atom is -0.322 e. The normalized spacial score (nSPS) is 21.7. The van der Waals surface area contributed by atoms with E-state index in [0.29, 0.717) is 0 Å². The average molecular weight is 666 g/mol. The van der Waals surface area contributed by atoms with Crippen molar-refractivity contribution in [3.8, 4) is 0 Å². The number of piperidine rings is 2. The molecule has 0 bridgehead atoms. The van der Waals surface area contributed by atoms with Crippen LogP contribution in [0.4, 0.5) is 0 Å². The van der Waals surface area contributed by atoms with Gasteiger partial charge in [0.15, 0.2) is 0 Å². The Labute approximate surface area is 234 Å². The van der Waals surface area contributed by atoms with E-state index >= 15 is 0 Å². The van der Waals surface area contributed by atoms with E-state index in [1.807, 2.05) is 0 Å². The molecule has 2 heterocycles. The van der Waals surface area contributed by atoms with E-state index in [0.717, 1.165) is 12.8 Å². The van der Waals surface area contributed by atoms with E-state index in [-0.39, 0.29) is 60.2 Å². The number of nitrogens with zero attached hydrogens (tertiary/aromatic N) is 2. The second-order valence-corrected chi connectivity index (χ2v) is 18.2. The Kier molecular flexibility index (Phi) is 15.8. The van der Waals surface area contributed by atoms with Crippen LogP contribution in [-0.4, -0.2) is 51.8 Å². The monoisotopic (exact) mass is 662 g/mol. The van der Waals surface area contributed by atoms with Crippen molar-refractivity contribution in [3.63, 3.8) is 0 Å². The summed E-state index contributed by atoms with van der Waals surface area (Å²) in [5.41, 5.74) is 0. The van der Waals surface area contributed by atoms with E-state index < -0.39 is 16.5 Å². The number of hydrogen-bond donors (Lipinski definition) is 0. The summed E-state index contributed by atoms with van der Waals surface area (Å²) in [5, 5.41) is 3.05. The van der Waals surface area contributed by atoms with Gasteiger partial charge in [-0.05, 0) is 51.9 Å². The molecule has 0 aromatic carbocycles. The summed E-state index contributed by atoms with van der Waals surface area (Å²) in [7, 11) is -2.63. The molecule has 0 atom stereocenters. The molecule has 4 aliphatic rings. The minimum absolute atomic E-state index is 0. The van der Waals surface area contributed by atoms with Crippen LogP contribution in [0.5, 0.6) is 0 Å². The number of halogens is 2. The number of rotatable bonds is 4. The summed E-state index contributed by atoms with van der Waals surface area (Å²) in [6.07, 6.45) is 26.7. The largest absolute Gasteiger partial charge is 2.00 e. The van der Waals surface area contributed by atoms with Crippen molar-refractivity contribution in [1.82, 2.24) is 9.13 Å². The molecule has 0 saturated carbocycles. The van der Waals surface area contributed by atoms with Crippen LogP contribution in [0, 0.1) is 12.2 Å². The van der Waals surface area contributed by atoms with Crippen molar-refractivity contribution in [3.05, 3.63) is 46.8 Å². The predicted octanol–water partition coefficient (Wildman–Crippen LogP) is 6.97. The molecule has 2 aliphatic heterocycles. The van der Waals surface area contributed by atoms with Crippen molar-refractivity contribution in [2.24, 2.45) is 0 Å². The van der Waals surface area contributed by atoms with Crippen molar-refractivity contribution in [2.75, 3.05) is 26.2 Å². The van der Waals surface area contributed by atoms with Gasteiger partial charge in [0, 0.05) is 0 Å². The van der Waals surface area contributed by atoms with Gasteiger partial charge in [-0.1, -0.05) is 39.0 Å². The van der Waals surface area contributed by atoms with Crippen LogP contribution >= 0.6 is 34.0 Å². The van der Waals surface area contributed by atoms with E-state index in [9.17, 15) is 0 Å². The molecule has 0 aromatic rings. The molecule has 2 nitrogen and oxygen atoms in total. The molecule has 0 N–H and O–H groups in total. The molecule has 0 radical (unpaired) electrons. The van der Waals surface area contributed by atoms with E-state index in [2.05, 4.69) is 71.8 Å². The molecule has 2 fully saturated rings. The Bertz CT molecular complexity index is 592. The quantitative estimate of drug-likeness (QED) is 0.237. The van der Waals surface area contributed by atoms with Crippen LogP contribution < -0.4 is 0 Å². The van der Waals surface area contributed by atoms with Crippen LogP contribution in [0.25, 0.3) is 0 Å². The fraction of sp³-hybridized carbons (Fsp3) is 0.667. The van der Waals surface area contributed by atoms with Gasteiger partial charge in [0.25, 0.3) is 0 Å². The summed E-state index contributed by atoms with van der Waals surface area (Å²) in [6.45, 7) is 15.1. The third-order valence-corrected chi connectivity index (χ3v) is 14.4. The SMILES string of the molecule is Br.Br.C[Si](C)(C1=[C-]CC=C1)N1CCCCC1.C[Si](C)(C1=[C-]CC=C1)N1CCCCC1.[Zr+2]. The fourth-order valence-corrected chi connectivity index (χ4v) is 10.6. The molecule has 0 amide bonds. The molecule has 4 rings (SSSR count). The second kappa shape index (κ2) is 15.2. The first-order valence-electron chi connectivity index (χ1n) is 11.5. The first-order chi connectivity index (χ1) is 13.4. The summed E-state index contributed by atoms with van der Waals surface area (Å²) in [4.78, 5) is 0. The van der Waals surface area contributed by atoms with Gasteiger partial charge in [-0.15, -0.1) is 46.8 Å². The standard InChI is InChI=1S/2C12H20NSi.2BrH.Zr/c2*1-14(2,12-8-4-5-9-12)13-10-6-3-7-11-13;;;/h2*4,8H,3,5-7,10-11H2,1-2H3;2*1H;/q2*-1;;;+2.